The number of carbonyl (C=O) groups is 2. The quantitative estimate of drug-likeness (QED) is 0.640. The van der Waals surface area contributed by atoms with Crippen molar-refractivity contribution in [3.8, 4) is 0 Å². The maximum atomic E-state index is 12.2. The monoisotopic (exact) mass is 344 g/mol. The Bertz CT molecular complexity index is 611. The van der Waals surface area contributed by atoms with Crippen LogP contribution in [-0.4, -0.2) is 17.9 Å². The van der Waals surface area contributed by atoms with Crippen LogP contribution < -0.4 is 11.2 Å². The smallest absolute Gasteiger partial charge is 0.274 e. The van der Waals surface area contributed by atoms with Gasteiger partial charge in [-0.3, -0.25) is 14.4 Å². The van der Waals surface area contributed by atoms with Gasteiger partial charge in [0, 0.05) is 12.0 Å². The van der Waals surface area contributed by atoms with Crippen LogP contribution in [0.3, 0.4) is 0 Å². The number of hydroxylamine groups is 1. The van der Waals surface area contributed by atoms with E-state index in [4.69, 9.17) is 10.6 Å². The molecule has 0 bridgehead atoms. The summed E-state index contributed by atoms with van der Waals surface area (Å²) < 4.78 is 0. The van der Waals surface area contributed by atoms with Crippen LogP contribution in [0.1, 0.15) is 62.2 Å². The number of benzene rings is 1. The Kier molecular flexibility index (Phi) is 5.42. The van der Waals surface area contributed by atoms with E-state index < -0.39 is 0 Å². The first-order chi connectivity index (χ1) is 12.0. The number of nitrogens with two attached hydrogens (primary N) is 1. The number of hydrogen-bond acceptors (Lipinski definition) is 3. The van der Waals surface area contributed by atoms with E-state index in [9.17, 15) is 9.59 Å². The van der Waals surface area contributed by atoms with Crippen LogP contribution >= 0.6 is 0 Å². The second-order valence-corrected chi connectivity index (χ2v) is 7.99. The summed E-state index contributed by atoms with van der Waals surface area (Å²) in [4.78, 5) is 29.6. The molecule has 136 valence electrons. The minimum Gasteiger partial charge on any atom is -0.370 e. The molecule has 2 fully saturated rings. The van der Waals surface area contributed by atoms with Crippen molar-refractivity contribution in [1.82, 2.24) is 5.48 Å². The molecule has 2 aliphatic carbocycles. The second-order valence-electron chi connectivity index (χ2n) is 7.99. The van der Waals surface area contributed by atoms with E-state index in [-0.39, 0.29) is 23.3 Å². The van der Waals surface area contributed by atoms with Crippen molar-refractivity contribution in [3.05, 3.63) is 35.9 Å². The SMILES string of the molecule is C[C@](CC(N)=O)(CC(CC1CC1)ONC(=O)c1ccccc1)C1CC1. The van der Waals surface area contributed by atoms with Gasteiger partial charge in [-0.2, -0.15) is 0 Å². The number of rotatable bonds is 10. The zero-order valence-electron chi connectivity index (χ0n) is 14.9. The molecule has 0 aromatic heterocycles. The van der Waals surface area contributed by atoms with E-state index in [1.54, 1.807) is 12.1 Å². The van der Waals surface area contributed by atoms with Crippen molar-refractivity contribution < 1.29 is 14.4 Å². The van der Waals surface area contributed by atoms with E-state index in [1.807, 2.05) is 18.2 Å². The van der Waals surface area contributed by atoms with E-state index >= 15 is 0 Å². The first-order valence-corrected chi connectivity index (χ1v) is 9.25. The molecule has 3 rings (SSSR count). The highest BCUT2D eigenvalue weighted by Crippen LogP contribution is 2.51. The summed E-state index contributed by atoms with van der Waals surface area (Å²) in [5, 5.41) is 0. The van der Waals surface area contributed by atoms with Crippen LogP contribution in [0.15, 0.2) is 30.3 Å². The third-order valence-corrected chi connectivity index (χ3v) is 5.48. The van der Waals surface area contributed by atoms with Crippen molar-refractivity contribution in [2.45, 2.75) is 58.0 Å². The molecule has 3 N–H and O–H groups in total. The Morgan fingerprint density at radius 1 is 1.24 bits per heavy atom. The predicted octanol–water partition coefficient (Wildman–Crippen LogP) is 3.20. The highest BCUT2D eigenvalue weighted by atomic mass is 16.7. The average Bonchev–Trinajstić information content (AvgIpc) is 3.45. The molecular weight excluding hydrogens is 316 g/mol. The Labute approximate surface area is 149 Å². The van der Waals surface area contributed by atoms with Gasteiger partial charge in [0.2, 0.25) is 5.91 Å². The lowest BCUT2D eigenvalue weighted by Gasteiger charge is -2.32. The summed E-state index contributed by atoms with van der Waals surface area (Å²) in [7, 11) is 0. The Morgan fingerprint density at radius 2 is 1.92 bits per heavy atom. The molecule has 2 aliphatic rings. The molecule has 1 aromatic rings. The fourth-order valence-electron chi connectivity index (χ4n) is 3.77. The third kappa shape index (κ3) is 5.30. The molecule has 5 nitrogen and oxygen atoms in total. The highest BCUT2D eigenvalue weighted by molar-refractivity contribution is 5.93. The van der Waals surface area contributed by atoms with Gasteiger partial charge >= 0.3 is 0 Å². The Hall–Kier alpha value is -1.88. The number of carbonyl (C=O) groups excluding carboxylic acids is 2. The first-order valence-electron chi connectivity index (χ1n) is 9.25. The normalized spacial score (nSPS) is 20.5. The van der Waals surface area contributed by atoms with Crippen LogP contribution in [-0.2, 0) is 9.63 Å². The highest BCUT2D eigenvalue weighted by Gasteiger charge is 2.44. The minimum absolute atomic E-state index is 0.0786. The molecule has 5 heteroatoms. The molecule has 0 aliphatic heterocycles. The van der Waals surface area contributed by atoms with Gasteiger partial charge < -0.3 is 5.73 Å². The molecule has 2 saturated carbocycles. The molecule has 2 atom stereocenters. The van der Waals surface area contributed by atoms with Gasteiger partial charge in [-0.1, -0.05) is 38.0 Å². The van der Waals surface area contributed by atoms with Crippen LogP contribution in [0.5, 0.6) is 0 Å². The lowest BCUT2D eigenvalue weighted by atomic mass is 9.76. The fourth-order valence-corrected chi connectivity index (χ4v) is 3.77. The van der Waals surface area contributed by atoms with Gasteiger partial charge in [-0.05, 0) is 55.1 Å². The number of primary amides is 1. The molecular formula is C20H28N2O3. The molecule has 2 amide bonds. The lowest BCUT2D eigenvalue weighted by Crippen LogP contribution is -2.36. The summed E-state index contributed by atoms with van der Waals surface area (Å²) >= 11 is 0. The van der Waals surface area contributed by atoms with Crippen molar-refractivity contribution in [2.24, 2.45) is 23.0 Å². The lowest BCUT2D eigenvalue weighted by molar-refractivity contribution is -0.121. The minimum atomic E-state index is -0.257. The van der Waals surface area contributed by atoms with Gasteiger partial charge in [0.15, 0.2) is 0 Å². The summed E-state index contributed by atoms with van der Waals surface area (Å²) in [6.45, 7) is 2.14. The number of nitrogens with one attached hydrogen (secondary N) is 1. The Balaban J connectivity index is 1.60. The standard InChI is InChI=1S/C20H28N2O3/c1-20(13-18(21)23,16-9-10-16)12-17(11-14-7-8-14)25-22-19(24)15-5-3-2-4-6-15/h2-6,14,16-17H,7-13H2,1H3,(H2,21,23)(H,22,24)/t17?,20-/m1/s1. The Morgan fingerprint density at radius 3 is 2.48 bits per heavy atom. The van der Waals surface area contributed by atoms with Gasteiger partial charge in [-0.25, -0.2) is 5.48 Å². The zero-order chi connectivity index (χ0) is 17.9. The maximum absolute atomic E-state index is 12.2. The molecule has 25 heavy (non-hydrogen) atoms. The predicted molar refractivity (Wildman–Crippen MR) is 95.4 cm³/mol. The van der Waals surface area contributed by atoms with Gasteiger partial charge in [0.1, 0.15) is 0 Å². The van der Waals surface area contributed by atoms with Crippen molar-refractivity contribution in [2.75, 3.05) is 0 Å². The third-order valence-electron chi connectivity index (χ3n) is 5.48. The fraction of sp³-hybridized carbons (Fsp3) is 0.600. The largest absolute Gasteiger partial charge is 0.370 e. The average molecular weight is 344 g/mol. The summed E-state index contributed by atoms with van der Waals surface area (Å²) in [6.07, 6.45) is 6.74. The first kappa shape index (κ1) is 17.9. The van der Waals surface area contributed by atoms with Gasteiger partial charge in [0.25, 0.3) is 5.91 Å². The van der Waals surface area contributed by atoms with E-state index in [0.717, 1.165) is 25.7 Å². The summed E-state index contributed by atoms with van der Waals surface area (Å²) in [5.41, 5.74) is 8.54. The summed E-state index contributed by atoms with van der Waals surface area (Å²) in [6, 6.07) is 9.05. The molecule has 0 heterocycles. The molecule has 1 aromatic carbocycles. The molecule has 0 saturated heterocycles. The van der Waals surface area contributed by atoms with Gasteiger partial charge in [-0.15, -0.1) is 0 Å². The zero-order valence-corrected chi connectivity index (χ0v) is 14.9. The molecule has 1 unspecified atom stereocenters. The molecule has 0 radical (unpaired) electrons. The second kappa shape index (κ2) is 7.56. The van der Waals surface area contributed by atoms with Gasteiger partial charge in [0.05, 0.1) is 6.10 Å². The van der Waals surface area contributed by atoms with Crippen LogP contribution in [0.2, 0.25) is 0 Å². The molecule has 0 spiro atoms. The number of hydrogen-bond donors (Lipinski definition) is 2. The van der Waals surface area contributed by atoms with Crippen molar-refractivity contribution in [3.63, 3.8) is 0 Å². The van der Waals surface area contributed by atoms with Crippen LogP contribution in [0.25, 0.3) is 0 Å². The number of amides is 2. The maximum Gasteiger partial charge on any atom is 0.274 e. The van der Waals surface area contributed by atoms with Crippen LogP contribution in [0.4, 0.5) is 0 Å². The van der Waals surface area contributed by atoms with E-state index in [1.165, 1.54) is 12.8 Å². The van der Waals surface area contributed by atoms with Crippen LogP contribution in [0, 0.1) is 17.3 Å². The van der Waals surface area contributed by atoms with Crippen molar-refractivity contribution in [1.29, 1.82) is 0 Å². The van der Waals surface area contributed by atoms with E-state index in [2.05, 4.69) is 12.4 Å². The van der Waals surface area contributed by atoms with Crippen molar-refractivity contribution >= 4 is 11.8 Å². The summed E-state index contributed by atoms with van der Waals surface area (Å²) in [5.74, 6) is 0.725. The topological polar surface area (TPSA) is 81.4 Å². The van der Waals surface area contributed by atoms with E-state index in [0.29, 0.717) is 23.8 Å².